The van der Waals surface area contributed by atoms with E-state index in [4.69, 9.17) is 15.3 Å². The molecule has 0 spiro atoms. The summed E-state index contributed by atoms with van der Waals surface area (Å²) in [5.41, 5.74) is 0. The summed E-state index contributed by atoms with van der Waals surface area (Å²) in [7, 11) is 4.13. The molecule has 0 saturated heterocycles. The Morgan fingerprint density at radius 3 is 1.14 bits per heavy atom. The van der Waals surface area contributed by atoms with E-state index in [0.717, 1.165) is 14.2 Å². The van der Waals surface area contributed by atoms with E-state index in [1.807, 2.05) is 0 Å². The van der Waals surface area contributed by atoms with Crippen molar-refractivity contribution in [2.45, 2.75) is 0 Å². The fourth-order valence-corrected chi connectivity index (χ4v) is 0. The maximum absolute atomic E-state index is 7.53. The van der Waals surface area contributed by atoms with Gasteiger partial charge in [-0.15, -0.1) is 9.24 Å². The van der Waals surface area contributed by atoms with Crippen LogP contribution in [0.25, 0.3) is 0 Å². The van der Waals surface area contributed by atoms with Gasteiger partial charge in [-0.05, 0) is 0 Å². The minimum absolute atomic E-state index is 0.167. The first-order chi connectivity index (χ1) is 3.41. The zero-order chi connectivity index (χ0) is 6.71. The molecule has 7 heavy (non-hydrogen) atoms. The Kier molecular flexibility index (Phi) is 232. The number of hydrogen-bond acceptors (Lipinski definition) is 3. The first-order valence-corrected chi connectivity index (χ1v) is 2.44. The second-order valence-corrected chi connectivity index (χ2v) is 0.548. The van der Waals surface area contributed by atoms with Crippen molar-refractivity contribution in [1.29, 1.82) is 0 Å². The molecule has 1 atom stereocenters. The maximum Gasteiger partial charge on any atom is 0.0567 e. The monoisotopic (exact) mass is 128 g/mol. The van der Waals surface area contributed by atoms with Crippen LogP contribution in [0.2, 0.25) is 0 Å². The Balaban J connectivity index is -0.0000000360. The molecule has 0 aromatic heterocycles. The molecule has 0 amide bonds. The molecule has 0 aliphatic carbocycles. The standard InChI is InChI=1S/CH5OP.2CH4O/c2-1-3;2*1-2/h2H,1,3H2;2*2H,1H3. The number of aliphatic hydroxyl groups excluding tert-OH is 3. The summed E-state index contributed by atoms with van der Waals surface area (Å²) in [6.07, 6.45) is 0.167. The van der Waals surface area contributed by atoms with Crippen molar-refractivity contribution in [3.05, 3.63) is 0 Å². The van der Waals surface area contributed by atoms with E-state index >= 15 is 0 Å². The summed E-state index contributed by atoms with van der Waals surface area (Å²) < 4.78 is 0. The highest BCUT2D eigenvalue weighted by atomic mass is 31.0. The lowest BCUT2D eigenvalue weighted by Crippen LogP contribution is -1.47. The maximum atomic E-state index is 7.53. The Labute approximate surface area is 46.2 Å². The van der Waals surface area contributed by atoms with Crippen LogP contribution in [0.1, 0.15) is 0 Å². The minimum Gasteiger partial charge on any atom is -0.400 e. The molecule has 0 fully saturated rings. The van der Waals surface area contributed by atoms with Crippen molar-refractivity contribution in [3.8, 4) is 0 Å². The molecule has 0 bridgehead atoms. The third kappa shape index (κ3) is 1220. The van der Waals surface area contributed by atoms with Crippen LogP contribution < -0.4 is 0 Å². The van der Waals surface area contributed by atoms with Gasteiger partial charge in [0.1, 0.15) is 0 Å². The predicted molar refractivity (Wildman–Crippen MR) is 33.1 cm³/mol. The molecule has 0 rings (SSSR count). The van der Waals surface area contributed by atoms with E-state index in [2.05, 4.69) is 9.24 Å². The molecule has 3 nitrogen and oxygen atoms in total. The Hall–Kier alpha value is 0.310. The fourth-order valence-electron chi connectivity index (χ4n) is 0. The number of aliphatic hydroxyl groups is 3. The Morgan fingerprint density at radius 2 is 1.14 bits per heavy atom. The first kappa shape index (κ1) is 15.7. The molecule has 0 heterocycles. The zero-order valence-electron chi connectivity index (χ0n) is 4.63. The van der Waals surface area contributed by atoms with Crippen LogP contribution in [0.4, 0.5) is 0 Å². The quantitative estimate of drug-likeness (QED) is 0.368. The summed E-state index contributed by atoms with van der Waals surface area (Å²) >= 11 is 0. The first-order valence-electron chi connectivity index (χ1n) is 1.62. The van der Waals surface area contributed by atoms with E-state index < -0.39 is 0 Å². The van der Waals surface area contributed by atoms with E-state index in [9.17, 15) is 0 Å². The van der Waals surface area contributed by atoms with Crippen LogP contribution >= 0.6 is 9.24 Å². The van der Waals surface area contributed by atoms with Crippen LogP contribution in [-0.2, 0) is 0 Å². The summed E-state index contributed by atoms with van der Waals surface area (Å²) in [6.45, 7) is 0. The van der Waals surface area contributed by atoms with Gasteiger partial charge in [-0.2, -0.15) is 0 Å². The average Bonchev–Trinajstić information content (AvgIpc) is 1.78. The highest BCUT2D eigenvalue weighted by Gasteiger charge is 1.33. The lowest BCUT2D eigenvalue weighted by atomic mass is 11.7. The van der Waals surface area contributed by atoms with Gasteiger partial charge < -0.3 is 15.3 Å². The minimum atomic E-state index is 0.167. The number of hydrogen-bond donors (Lipinski definition) is 3. The molecule has 0 aromatic rings. The van der Waals surface area contributed by atoms with Gasteiger partial charge in [-0.1, -0.05) is 0 Å². The molecule has 0 aliphatic rings. The van der Waals surface area contributed by atoms with E-state index in [0.29, 0.717) is 0 Å². The molecule has 0 aromatic carbocycles. The average molecular weight is 128 g/mol. The van der Waals surface area contributed by atoms with Gasteiger partial charge in [0, 0.05) is 14.2 Å². The van der Waals surface area contributed by atoms with E-state index in [-0.39, 0.29) is 6.35 Å². The number of rotatable bonds is 0. The molecule has 1 unspecified atom stereocenters. The second kappa shape index (κ2) is 104. The van der Waals surface area contributed by atoms with Gasteiger partial charge in [0.2, 0.25) is 0 Å². The molecule has 48 valence electrons. The van der Waals surface area contributed by atoms with Crippen LogP contribution in [0.15, 0.2) is 0 Å². The van der Waals surface area contributed by atoms with Crippen molar-refractivity contribution in [2.75, 3.05) is 20.6 Å². The lowest BCUT2D eigenvalue weighted by molar-refractivity contribution is 0.375. The third-order valence-electron chi connectivity index (χ3n) is 0. The van der Waals surface area contributed by atoms with E-state index in [1.54, 1.807) is 0 Å². The van der Waals surface area contributed by atoms with Crippen molar-refractivity contribution < 1.29 is 15.3 Å². The molecular formula is C3H13O3P. The third-order valence-corrected chi connectivity index (χ3v) is 0. The van der Waals surface area contributed by atoms with Gasteiger partial charge in [-0.25, -0.2) is 0 Å². The summed E-state index contributed by atoms with van der Waals surface area (Å²) in [5.74, 6) is 0. The van der Waals surface area contributed by atoms with Crippen molar-refractivity contribution in [2.24, 2.45) is 0 Å². The van der Waals surface area contributed by atoms with Crippen LogP contribution in [-0.4, -0.2) is 35.9 Å². The predicted octanol–water partition coefficient (Wildman–Crippen LogP) is -0.972. The molecule has 0 radical (unpaired) electrons. The van der Waals surface area contributed by atoms with Crippen molar-refractivity contribution in [3.63, 3.8) is 0 Å². The van der Waals surface area contributed by atoms with Gasteiger partial charge in [0.15, 0.2) is 0 Å². The van der Waals surface area contributed by atoms with Gasteiger partial charge in [0.05, 0.1) is 6.35 Å². The van der Waals surface area contributed by atoms with Gasteiger partial charge >= 0.3 is 0 Å². The van der Waals surface area contributed by atoms with Crippen molar-refractivity contribution in [1.82, 2.24) is 0 Å². The normalized spacial score (nSPS) is 4.29. The molecule has 3 N–H and O–H groups in total. The molecular weight excluding hydrogens is 115 g/mol. The van der Waals surface area contributed by atoms with Gasteiger partial charge in [-0.3, -0.25) is 0 Å². The van der Waals surface area contributed by atoms with Crippen LogP contribution in [0.5, 0.6) is 0 Å². The SMILES string of the molecule is CO.CO.OCP. The van der Waals surface area contributed by atoms with E-state index in [1.165, 1.54) is 0 Å². The Bertz CT molecular complexity index is 10.1. The highest BCUT2D eigenvalue weighted by molar-refractivity contribution is 7.16. The second-order valence-electron chi connectivity index (χ2n) is 0.183. The van der Waals surface area contributed by atoms with Gasteiger partial charge in [0.25, 0.3) is 0 Å². The topological polar surface area (TPSA) is 60.7 Å². The fraction of sp³-hybridized carbons (Fsp3) is 1.00. The zero-order valence-corrected chi connectivity index (χ0v) is 5.78. The molecule has 0 aliphatic heterocycles. The summed E-state index contributed by atoms with van der Waals surface area (Å²) in [4.78, 5) is 0. The smallest absolute Gasteiger partial charge is 0.0567 e. The highest BCUT2D eigenvalue weighted by Crippen LogP contribution is 1.63. The largest absolute Gasteiger partial charge is 0.400 e. The van der Waals surface area contributed by atoms with Crippen LogP contribution in [0.3, 0.4) is 0 Å². The van der Waals surface area contributed by atoms with Crippen LogP contribution in [0, 0.1) is 0 Å². The summed E-state index contributed by atoms with van der Waals surface area (Å²) in [6, 6.07) is 0. The summed E-state index contributed by atoms with van der Waals surface area (Å²) in [5, 5.41) is 21.5. The van der Waals surface area contributed by atoms with Crippen molar-refractivity contribution >= 4 is 9.24 Å². The molecule has 4 heteroatoms. The Morgan fingerprint density at radius 1 is 1.14 bits per heavy atom. The molecule has 0 saturated carbocycles. The lowest BCUT2D eigenvalue weighted by Gasteiger charge is -1.53.